The van der Waals surface area contributed by atoms with Gasteiger partial charge in [-0.05, 0) is 61.6 Å². The minimum absolute atomic E-state index is 0. The highest BCUT2D eigenvalue weighted by atomic mass is 32.2. The maximum absolute atomic E-state index is 12.6. The van der Waals surface area contributed by atoms with E-state index in [4.69, 9.17) is 0 Å². The largest absolute Gasteiger partial charge is 0.311 e. The minimum Gasteiger partial charge on any atom is -0.311 e. The van der Waals surface area contributed by atoms with E-state index in [2.05, 4.69) is 33.2 Å². The van der Waals surface area contributed by atoms with E-state index in [1.54, 1.807) is 0 Å². The van der Waals surface area contributed by atoms with Crippen molar-refractivity contribution in [3.8, 4) is 0 Å². The average molecular weight is 485 g/mol. The van der Waals surface area contributed by atoms with Crippen molar-refractivity contribution in [2.45, 2.75) is 44.6 Å². The molecule has 3 aromatic rings. The molecule has 8 nitrogen and oxygen atoms in total. The van der Waals surface area contributed by atoms with Crippen LogP contribution in [0.15, 0.2) is 65.7 Å². The lowest BCUT2D eigenvalue weighted by Crippen LogP contribution is -2.33. The minimum atomic E-state index is -3.92. The second-order valence-corrected chi connectivity index (χ2v) is 10.4. The van der Waals surface area contributed by atoms with E-state index in [1.807, 2.05) is 18.3 Å². The number of nitro benzene ring substituents is 1. The fraction of sp³-hybridized carbons (Fsp3) is 0.400. The quantitative estimate of drug-likeness (QED) is 0.337. The molecule has 0 spiro atoms. The molecule has 0 radical (unpaired) electrons. The van der Waals surface area contributed by atoms with Crippen LogP contribution in [-0.4, -0.2) is 31.4 Å². The Labute approximate surface area is 201 Å². The van der Waals surface area contributed by atoms with Crippen LogP contribution in [0.4, 0.5) is 5.69 Å². The third-order valence-corrected chi connectivity index (χ3v) is 7.78. The predicted molar refractivity (Wildman–Crippen MR) is 134 cm³/mol. The van der Waals surface area contributed by atoms with Gasteiger partial charge in [0.15, 0.2) is 4.90 Å². The number of nitrogens with one attached hydrogen (secondary N) is 2. The third kappa shape index (κ3) is 6.37. The Morgan fingerprint density at radius 3 is 2.26 bits per heavy atom. The van der Waals surface area contributed by atoms with Crippen LogP contribution in [0.5, 0.6) is 0 Å². The molecule has 2 aromatic carbocycles. The topological polar surface area (TPSA) is 114 Å². The molecular formula is C25H32N4O4S. The maximum Gasteiger partial charge on any atom is 0.289 e. The van der Waals surface area contributed by atoms with Gasteiger partial charge in [-0.1, -0.05) is 43.8 Å². The monoisotopic (exact) mass is 484 g/mol. The van der Waals surface area contributed by atoms with Crippen LogP contribution in [0.3, 0.4) is 0 Å². The first kappa shape index (κ1) is 25.7. The highest BCUT2D eigenvalue weighted by Gasteiger charge is 2.27. The van der Waals surface area contributed by atoms with E-state index in [0.29, 0.717) is 12.5 Å². The summed E-state index contributed by atoms with van der Waals surface area (Å²) in [7, 11) is -3.92. The molecule has 34 heavy (non-hydrogen) atoms. The predicted octanol–water partition coefficient (Wildman–Crippen LogP) is 4.65. The number of hydrogen-bond donors (Lipinski definition) is 2. The van der Waals surface area contributed by atoms with Crippen LogP contribution >= 0.6 is 0 Å². The summed E-state index contributed by atoms with van der Waals surface area (Å²) in [6, 6.07) is 15.7. The van der Waals surface area contributed by atoms with Gasteiger partial charge in [-0.25, -0.2) is 13.1 Å². The molecule has 1 saturated carbocycles. The molecule has 0 amide bonds. The average Bonchev–Trinajstić information content (AvgIpc) is 2.83. The molecule has 0 saturated heterocycles. The van der Waals surface area contributed by atoms with Crippen molar-refractivity contribution in [2.24, 2.45) is 11.8 Å². The first-order chi connectivity index (χ1) is 15.9. The zero-order chi connectivity index (χ0) is 23.3. The molecule has 9 heteroatoms. The van der Waals surface area contributed by atoms with Crippen molar-refractivity contribution in [3.05, 3.63) is 76.6 Å². The zero-order valence-electron chi connectivity index (χ0n) is 18.3. The number of fused-ring (bicyclic) bond motifs is 1. The number of nitro groups is 1. The fourth-order valence-electron chi connectivity index (χ4n) is 4.41. The van der Waals surface area contributed by atoms with Crippen LogP contribution in [0, 0.1) is 22.0 Å². The number of pyridine rings is 1. The SMILES string of the molecule is C.O=[N+]([O-])c1ccccc1S(=O)(=O)NCC1CCC(CNCc2cc3ccccc3cn2)CC1. The Balaban J connectivity index is 0.00000324. The van der Waals surface area contributed by atoms with Crippen LogP contribution in [-0.2, 0) is 16.6 Å². The Bertz CT molecular complexity index is 1220. The van der Waals surface area contributed by atoms with Crippen molar-refractivity contribution in [2.75, 3.05) is 13.1 Å². The van der Waals surface area contributed by atoms with Gasteiger partial charge in [-0.2, -0.15) is 0 Å². The number of hydrogen-bond acceptors (Lipinski definition) is 6. The number of benzene rings is 2. The number of nitrogens with zero attached hydrogens (tertiary/aromatic N) is 2. The lowest BCUT2D eigenvalue weighted by molar-refractivity contribution is -0.387. The molecule has 0 atom stereocenters. The van der Waals surface area contributed by atoms with Gasteiger partial charge in [-0.3, -0.25) is 15.1 Å². The molecule has 1 heterocycles. The van der Waals surface area contributed by atoms with Gasteiger partial charge in [0, 0.05) is 30.7 Å². The van der Waals surface area contributed by atoms with E-state index < -0.39 is 20.6 Å². The highest BCUT2D eigenvalue weighted by Crippen LogP contribution is 2.29. The number of para-hydroxylation sites is 1. The van der Waals surface area contributed by atoms with E-state index in [-0.39, 0.29) is 18.2 Å². The van der Waals surface area contributed by atoms with Crippen LogP contribution in [0.25, 0.3) is 10.8 Å². The van der Waals surface area contributed by atoms with Crippen LogP contribution in [0.1, 0.15) is 38.8 Å². The summed E-state index contributed by atoms with van der Waals surface area (Å²) in [5, 5.41) is 17.0. The Morgan fingerprint density at radius 1 is 0.941 bits per heavy atom. The number of aromatic nitrogens is 1. The summed E-state index contributed by atoms with van der Waals surface area (Å²) in [6.45, 7) is 1.93. The molecule has 4 rings (SSSR count). The first-order valence-electron chi connectivity index (χ1n) is 11.2. The fourth-order valence-corrected chi connectivity index (χ4v) is 5.70. The third-order valence-electron chi connectivity index (χ3n) is 6.31. The van der Waals surface area contributed by atoms with E-state index in [1.165, 1.54) is 29.7 Å². The molecule has 0 aliphatic heterocycles. The Hall–Kier alpha value is -2.88. The standard InChI is InChI=1S/C24H28N4O4S.CH4/c29-28(30)23-7-3-4-8-24(23)33(31,32)27-15-19-11-9-18(10-12-19)14-25-17-22-13-20-5-1-2-6-21(20)16-26-22;/h1-8,13,16,18-19,25,27H,9-12,14-15,17H2;1H4. The lowest BCUT2D eigenvalue weighted by atomic mass is 9.82. The summed E-state index contributed by atoms with van der Waals surface area (Å²) in [5.41, 5.74) is 0.618. The second kappa shape index (κ2) is 11.5. The molecule has 1 aliphatic rings. The van der Waals surface area contributed by atoms with Gasteiger partial charge in [0.05, 0.1) is 10.6 Å². The van der Waals surface area contributed by atoms with Gasteiger partial charge >= 0.3 is 0 Å². The van der Waals surface area contributed by atoms with Gasteiger partial charge < -0.3 is 5.32 Å². The summed E-state index contributed by atoms with van der Waals surface area (Å²) >= 11 is 0. The normalized spacial score (nSPS) is 18.4. The maximum atomic E-state index is 12.6. The van der Waals surface area contributed by atoms with Crippen LogP contribution in [0.2, 0.25) is 0 Å². The molecule has 1 aromatic heterocycles. The Kier molecular flexibility index (Phi) is 8.71. The second-order valence-electron chi connectivity index (χ2n) is 8.62. The van der Waals surface area contributed by atoms with Crippen molar-refractivity contribution >= 4 is 26.5 Å². The number of sulfonamides is 1. The van der Waals surface area contributed by atoms with Gasteiger partial charge in [0.1, 0.15) is 0 Å². The highest BCUT2D eigenvalue weighted by molar-refractivity contribution is 7.89. The van der Waals surface area contributed by atoms with Crippen molar-refractivity contribution in [3.63, 3.8) is 0 Å². The lowest BCUT2D eigenvalue weighted by Gasteiger charge is -2.28. The molecule has 0 bridgehead atoms. The molecule has 1 aliphatic carbocycles. The van der Waals surface area contributed by atoms with Crippen molar-refractivity contribution in [1.82, 2.24) is 15.0 Å². The molecule has 182 valence electrons. The van der Waals surface area contributed by atoms with Crippen molar-refractivity contribution in [1.29, 1.82) is 0 Å². The van der Waals surface area contributed by atoms with Crippen LogP contribution < -0.4 is 10.0 Å². The molecule has 1 fully saturated rings. The summed E-state index contributed by atoms with van der Waals surface area (Å²) in [6.07, 6.45) is 5.81. The zero-order valence-corrected chi connectivity index (χ0v) is 19.1. The first-order valence-corrected chi connectivity index (χ1v) is 12.7. The summed E-state index contributed by atoms with van der Waals surface area (Å²) in [4.78, 5) is 14.7. The van der Waals surface area contributed by atoms with E-state index >= 15 is 0 Å². The van der Waals surface area contributed by atoms with E-state index in [9.17, 15) is 18.5 Å². The van der Waals surface area contributed by atoms with Gasteiger partial charge in [-0.15, -0.1) is 0 Å². The molecule has 2 N–H and O–H groups in total. The van der Waals surface area contributed by atoms with Gasteiger partial charge in [0.25, 0.3) is 5.69 Å². The molecule has 0 unspecified atom stereocenters. The smallest absolute Gasteiger partial charge is 0.289 e. The summed E-state index contributed by atoms with van der Waals surface area (Å²) < 4.78 is 27.8. The summed E-state index contributed by atoms with van der Waals surface area (Å²) in [5.74, 6) is 0.787. The number of rotatable bonds is 9. The van der Waals surface area contributed by atoms with Crippen molar-refractivity contribution < 1.29 is 13.3 Å². The molecular weight excluding hydrogens is 452 g/mol. The van der Waals surface area contributed by atoms with E-state index in [0.717, 1.165) is 49.9 Å². The Morgan fingerprint density at radius 2 is 1.56 bits per heavy atom. The van der Waals surface area contributed by atoms with Gasteiger partial charge in [0.2, 0.25) is 10.0 Å².